The van der Waals surface area contributed by atoms with Gasteiger partial charge in [-0.2, -0.15) is 0 Å². The summed E-state index contributed by atoms with van der Waals surface area (Å²) in [4.78, 5) is 10.7. The molecule has 362 valence electrons. The largest absolute Gasteiger partial charge is 0.507 e. The summed E-state index contributed by atoms with van der Waals surface area (Å²) in [5.41, 5.74) is 19.1. The van der Waals surface area contributed by atoms with Gasteiger partial charge in [0.1, 0.15) is 11.6 Å². The van der Waals surface area contributed by atoms with Crippen LogP contribution in [0.25, 0.3) is 95.0 Å². The van der Waals surface area contributed by atoms with Crippen LogP contribution in [0.2, 0.25) is 0 Å². The standard InChI is InChI=1S/C67H62N3O.Pt/c1-43(2)51-39-57(44(3)4)64(71)59(40-51)65-69-63-56(26-19-27-62(63)70(65)61-33-32-55(67(8,9)66(5,6)7)42-58(61)49-24-17-12-18-25-49)53-36-52(46-22-15-11-16-23-46)37-54(38-53)60-41-50(34-35-68-60)48-30-28-47(29-31-48)45-20-13-10-14-21-45;/h10-37,39-44,71H,1-9H3;/q-1;. The van der Waals surface area contributed by atoms with Crippen molar-refractivity contribution in [1.29, 1.82) is 0 Å². The Morgan fingerprint density at radius 3 is 1.69 bits per heavy atom. The first kappa shape index (κ1) is 49.8. The van der Waals surface area contributed by atoms with Crippen LogP contribution >= 0.6 is 0 Å². The molecule has 0 spiro atoms. The van der Waals surface area contributed by atoms with Gasteiger partial charge in [0.2, 0.25) is 0 Å². The summed E-state index contributed by atoms with van der Waals surface area (Å²) in [6.45, 7) is 20.3. The molecule has 10 aromatic rings. The van der Waals surface area contributed by atoms with E-state index in [-0.39, 0.29) is 49.5 Å². The Morgan fingerprint density at radius 2 is 1.08 bits per heavy atom. The molecule has 2 heterocycles. The maximum absolute atomic E-state index is 12.5. The third-order valence-electron chi connectivity index (χ3n) is 14.9. The van der Waals surface area contributed by atoms with Crippen LogP contribution in [0.5, 0.6) is 5.75 Å². The number of pyridine rings is 1. The molecule has 5 heteroatoms. The van der Waals surface area contributed by atoms with Gasteiger partial charge in [0.25, 0.3) is 0 Å². The van der Waals surface area contributed by atoms with Gasteiger partial charge >= 0.3 is 0 Å². The molecule has 72 heavy (non-hydrogen) atoms. The number of hydrogen-bond donors (Lipinski definition) is 1. The number of fused-ring (bicyclic) bond motifs is 1. The molecule has 8 aromatic carbocycles. The van der Waals surface area contributed by atoms with Crippen molar-refractivity contribution in [3.63, 3.8) is 0 Å². The molecule has 0 aliphatic heterocycles. The number of para-hydroxylation sites is 1. The molecular formula is C67H62N3OPt-. The van der Waals surface area contributed by atoms with Gasteiger partial charge < -0.3 is 5.11 Å². The van der Waals surface area contributed by atoms with E-state index in [1.54, 1.807) is 0 Å². The van der Waals surface area contributed by atoms with Crippen LogP contribution in [-0.2, 0) is 26.5 Å². The molecule has 0 fully saturated rings. The molecule has 0 bridgehead atoms. The van der Waals surface area contributed by atoms with E-state index in [9.17, 15) is 5.11 Å². The Bertz CT molecular complexity index is 3530. The van der Waals surface area contributed by atoms with Crippen molar-refractivity contribution in [1.82, 2.24) is 14.5 Å². The summed E-state index contributed by atoms with van der Waals surface area (Å²) < 4.78 is 2.29. The minimum Gasteiger partial charge on any atom is -0.507 e. The van der Waals surface area contributed by atoms with Gasteiger partial charge in [0, 0.05) is 38.5 Å². The normalized spacial score (nSPS) is 11.9. The maximum atomic E-state index is 12.5. The molecule has 1 N–H and O–H groups in total. The van der Waals surface area contributed by atoms with Gasteiger partial charge in [-0.1, -0.05) is 225 Å². The van der Waals surface area contributed by atoms with Crippen molar-refractivity contribution in [3.8, 4) is 89.7 Å². The first-order valence-corrected chi connectivity index (χ1v) is 25.0. The fraction of sp³-hybridized carbons (Fsp3) is 0.194. The zero-order chi connectivity index (χ0) is 49.6. The Kier molecular flexibility index (Phi) is 14.0. The predicted molar refractivity (Wildman–Crippen MR) is 298 cm³/mol. The van der Waals surface area contributed by atoms with Crippen LogP contribution in [0.15, 0.2) is 194 Å². The van der Waals surface area contributed by atoms with Crippen molar-refractivity contribution in [2.45, 2.75) is 79.6 Å². The topological polar surface area (TPSA) is 50.9 Å². The Labute approximate surface area is 440 Å². The van der Waals surface area contributed by atoms with Crippen LogP contribution in [0.4, 0.5) is 0 Å². The number of phenols is 1. The number of benzene rings is 8. The summed E-state index contributed by atoms with van der Waals surface area (Å²) in [7, 11) is 0. The second-order valence-corrected chi connectivity index (χ2v) is 21.2. The molecule has 2 aromatic heterocycles. The van der Waals surface area contributed by atoms with E-state index < -0.39 is 0 Å². The zero-order valence-electron chi connectivity index (χ0n) is 42.7. The predicted octanol–water partition coefficient (Wildman–Crippen LogP) is 18.2. The van der Waals surface area contributed by atoms with Gasteiger partial charge in [-0.15, -0.1) is 23.8 Å². The van der Waals surface area contributed by atoms with E-state index in [1.807, 2.05) is 12.3 Å². The van der Waals surface area contributed by atoms with E-state index in [4.69, 9.17) is 9.97 Å². The van der Waals surface area contributed by atoms with Crippen LogP contribution in [0.1, 0.15) is 90.8 Å². The van der Waals surface area contributed by atoms with Gasteiger partial charge in [0.05, 0.1) is 22.3 Å². The quantitative estimate of drug-likeness (QED) is 0.131. The molecule has 4 nitrogen and oxygen atoms in total. The molecule has 0 radical (unpaired) electrons. The van der Waals surface area contributed by atoms with E-state index in [2.05, 4.69) is 255 Å². The molecule has 0 aliphatic rings. The number of phenolic OH excluding ortho intramolecular Hbond substituents is 1. The van der Waals surface area contributed by atoms with E-state index >= 15 is 0 Å². The molecule has 0 amide bonds. The van der Waals surface area contributed by atoms with Gasteiger partial charge in [-0.3, -0.25) is 9.55 Å². The maximum Gasteiger partial charge on any atom is 0.148 e. The average molecular weight is 1120 g/mol. The number of aromatic nitrogens is 3. The molecule has 10 rings (SSSR count). The van der Waals surface area contributed by atoms with Crippen LogP contribution < -0.4 is 0 Å². The van der Waals surface area contributed by atoms with Crippen molar-refractivity contribution < 1.29 is 26.2 Å². The Morgan fingerprint density at radius 1 is 0.500 bits per heavy atom. The smallest absolute Gasteiger partial charge is 0.148 e. The first-order valence-electron chi connectivity index (χ1n) is 25.0. The number of imidazole rings is 1. The SMILES string of the molecule is CC(C)c1cc(-c2nc3c(-c4[c-]c(-c5cc(-c6ccc(-c7ccccc7)cc6)ccn5)cc(-c5ccccc5)c4)cccc3n2-c2ccc(C(C)(C)C(C)(C)C)cc2-c2ccccc2)c(O)c(C(C)C)c1.[Pt]. The minimum absolute atomic E-state index is 0. The van der Waals surface area contributed by atoms with Crippen LogP contribution in [0, 0.1) is 11.5 Å². The third kappa shape index (κ3) is 9.53. The molecule has 0 atom stereocenters. The van der Waals surface area contributed by atoms with Gasteiger partial charge in [0.15, 0.2) is 0 Å². The van der Waals surface area contributed by atoms with Crippen molar-refractivity contribution >= 4 is 11.0 Å². The van der Waals surface area contributed by atoms with E-state index in [1.165, 1.54) is 16.7 Å². The molecule has 0 saturated heterocycles. The van der Waals surface area contributed by atoms with E-state index in [0.717, 1.165) is 83.6 Å². The summed E-state index contributed by atoms with van der Waals surface area (Å²) in [5, 5.41) is 12.5. The second kappa shape index (κ2) is 20.2. The molecular weight excluding hydrogens is 1060 g/mol. The second-order valence-electron chi connectivity index (χ2n) is 21.2. The number of hydrogen-bond acceptors (Lipinski definition) is 3. The number of rotatable bonds is 11. The van der Waals surface area contributed by atoms with Crippen molar-refractivity contribution in [2.75, 3.05) is 0 Å². The molecule has 0 aliphatic carbocycles. The average Bonchev–Trinajstić information content (AvgIpc) is 3.78. The first-order chi connectivity index (χ1) is 34.2. The van der Waals surface area contributed by atoms with Crippen LogP contribution in [-0.4, -0.2) is 19.6 Å². The fourth-order valence-corrected chi connectivity index (χ4v) is 9.66. The fourth-order valence-electron chi connectivity index (χ4n) is 9.66. The van der Waals surface area contributed by atoms with Crippen molar-refractivity contribution in [3.05, 3.63) is 217 Å². The van der Waals surface area contributed by atoms with Gasteiger partial charge in [-0.25, -0.2) is 4.98 Å². The van der Waals surface area contributed by atoms with E-state index in [0.29, 0.717) is 11.4 Å². The van der Waals surface area contributed by atoms with Gasteiger partial charge in [-0.05, 0) is 103 Å². The molecule has 0 unspecified atom stereocenters. The van der Waals surface area contributed by atoms with Crippen LogP contribution in [0.3, 0.4) is 0 Å². The molecule has 0 saturated carbocycles. The number of aromatic hydroxyl groups is 1. The number of nitrogens with zero attached hydrogens (tertiary/aromatic N) is 3. The minimum atomic E-state index is -0.142. The summed E-state index contributed by atoms with van der Waals surface area (Å²) in [6.07, 6.45) is 1.90. The zero-order valence-corrected chi connectivity index (χ0v) is 45.0. The Balaban J connectivity index is 0.00000640. The third-order valence-corrected chi connectivity index (χ3v) is 14.9. The van der Waals surface area contributed by atoms with Crippen molar-refractivity contribution in [2.24, 2.45) is 5.41 Å². The Hall–Kier alpha value is -7.13. The monoisotopic (exact) mass is 1120 g/mol. The summed E-state index contributed by atoms with van der Waals surface area (Å²) in [5.74, 6) is 1.26. The summed E-state index contributed by atoms with van der Waals surface area (Å²) in [6, 6.07) is 70.7. The summed E-state index contributed by atoms with van der Waals surface area (Å²) >= 11 is 0.